The predicted molar refractivity (Wildman–Crippen MR) is 71.4 cm³/mol. The fourth-order valence-corrected chi connectivity index (χ4v) is 1.26. The van der Waals surface area contributed by atoms with E-state index in [2.05, 4.69) is 5.32 Å². The zero-order valence-corrected chi connectivity index (χ0v) is 11.7. The number of hydrogen-bond donors (Lipinski definition) is 3. The number of nitrogens with one attached hydrogen (secondary N) is 2. The highest BCUT2D eigenvalue weighted by molar-refractivity contribution is 6.26. The zero-order valence-electron chi connectivity index (χ0n) is 11.7. The van der Waals surface area contributed by atoms with Gasteiger partial charge in [-0.1, -0.05) is 0 Å². The second-order valence-corrected chi connectivity index (χ2v) is 4.04. The van der Waals surface area contributed by atoms with Gasteiger partial charge in [0.15, 0.2) is 5.78 Å². The first kappa shape index (κ1) is 18.2. The van der Waals surface area contributed by atoms with Crippen LogP contribution in [0.2, 0.25) is 0 Å². The largest absolute Gasteiger partial charge is 0.463 e. The van der Waals surface area contributed by atoms with Crippen molar-refractivity contribution in [3.8, 4) is 0 Å². The van der Waals surface area contributed by atoms with Crippen LogP contribution in [0, 0.1) is 5.41 Å². The minimum atomic E-state index is -0.962. The molecular formula is C12H21N3O5. The highest BCUT2D eigenvalue weighted by Gasteiger charge is 2.25. The first-order valence-corrected chi connectivity index (χ1v) is 6.19. The molecule has 0 aromatic heterocycles. The van der Waals surface area contributed by atoms with Crippen molar-refractivity contribution < 1.29 is 23.9 Å². The first-order chi connectivity index (χ1) is 9.46. The third-order valence-electron chi connectivity index (χ3n) is 2.53. The lowest BCUT2D eigenvalue weighted by Crippen LogP contribution is -2.46. The van der Waals surface area contributed by atoms with E-state index < -0.39 is 29.8 Å². The van der Waals surface area contributed by atoms with Crippen LogP contribution < -0.4 is 11.1 Å². The van der Waals surface area contributed by atoms with E-state index >= 15 is 0 Å². The lowest BCUT2D eigenvalue weighted by Gasteiger charge is -2.19. The fourth-order valence-electron chi connectivity index (χ4n) is 1.26. The van der Waals surface area contributed by atoms with Crippen molar-refractivity contribution in [2.45, 2.75) is 31.9 Å². The molecule has 0 aliphatic rings. The summed E-state index contributed by atoms with van der Waals surface area (Å²) in [5, 5.41) is 9.25. The molecule has 4 N–H and O–H groups in total. The van der Waals surface area contributed by atoms with Crippen LogP contribution in [0.4, 0.5) is 0 Å². The molecule has 1 amide bonds. The van der Waals surface area contributed by atoms with Crippen molar-refractivity contribution in [2.24, 2.45) is 5.73 Å². The third kappa shape index (κ3) is 6.95. The minimum absolute atomic E-state index is 0.0313. The van der Waals surface area contributed by atoms with E-state index in [-0.39, 0.29) is 26.0 Å². The number of Topliss-reactive ketones (excluding diaryl/α,β-unsaturated/α-hetero) is 1. The summed E-state index contributed by atoms with van der Waals surface area (Å²) in [5.74, 6) is -1.58. The highest BCUT2D eigenvalue weighted by atomic mass is 16.5. The smallest absolute Gasteiger partial charge is 0.328 e. The van der Waals surface area contributed by atoms with E-state index in [4.69, 9.17) is 20.6 Å². The maximum absolute atomic E-state index is 11.7. The number of ketones is 1. The molecule has 0 radical (unpaired) electrons. The van der Waals surface area contributed by atoms with Gasteiger partial charge in [-0.05, 0) is 13.3 Å². The number of carbonyl (C=O) groups excluding carboxylic acids is 3. The van der Waals surface area contributed by atoms with Crippen molar-refractivity contribution in [3.05, 3.63) is 0 Å². The van der Waals surface area contributed by atoms with Crippen molar-refractivity contribution in [1.29, 1.82) is 5.41 Å². The maximum Gasteiger partial charge on any atom is 0.328 e. The topological polar surface area (TPSA) is 132 Å². The van der Waals surface area contributed by atoms with Gasteiger partial charge in [0.1, 0.15) is 18.8 Å². The standard InChI is InChI=1S/C12H21N3O5/c1-8(19-2)11(17)15-10(4-3-9(16)7-14)12(18)20-6-5-13/h7-8,10,14H,3-6,13H2,1-2H3,(H,15,17)/t8-,10-/m0/s1. The molecule has 0 aliphatic heterocycles. The summed E-state index contributed by atoms with van der Waals surface area (Å²) in [6.07, 6.45) is -0.0342. The summed E-state index contributed by atoms with van der Waals surface area (Å²) >= 11 is 0. The van der Waals surface area contributed by atoms with E-state index in [1.54, 1.807) is 0 Å². The van der Waals surface area contributed by atoms with Crippen LogP contribution in [0.3, 0.4) is 0 Å². The molecule has 0 bridgehead atoms. The Bertz CT molecular complexity index is 359. The summed E-state index contributed by atoms with van der Waals surface area (Å²) < 4.78 is 9.68. The van der Waals surface area contributed by atoms with Crippen LogP contribution in [0.15, 0.2) is 0 Å². The van der Waals surface area contributed by atoms with Crippen LogP contribution in [0.1, 0.15) is 19.8 Å². The lowest BCUT2D eigenvalue weighted by atomic mass is 10.1. The molecule has 20 heavy (non-hydrogen) atoms. The van der Waals surface area contributed by atoms with E-state index in [0.717, 1.165) is 0 Å². The summed E-state index contributed by atoms with van der Waals surface area (Å²) in [6.45, 7) is 1.73. The molecule has 0 unspecified atom stereocenters. The summed E-state index contributed by atoms with van der Waals surface area (Å²) in [6, 6.07) is -0.962. The molecule has 0 aromatic carbocycles. The Balaban J connectivity index is 4.60. The Morgan fingerprint density at radius 1 is 1.40 bits per heavy atom. The van der Waals surface area contributed by atoms with Crippen molar-refractivity contribution >= 4 is 23.9 Å². The molecule has 0 heterocycles. The number of carbonyl (C=O) groups is 3. The SMILES string of the molecule is CO[C@@H](C)C(=O)N[C@@H](CCC(=O)C=N)C(=O)OCCN. The number of amides is 1. The molecule has 0 aromatic rings. The molecule has 0 saturated carbocycles. The van der Waals surface area contributed by atoms with Crippen molar-refractivity contribution in [3.63, 3.8) is 0 Å². The maximum atomic E-state index is 11.7. The number of hydrogen-bond acceptors (Lipinski definition) is 7. The van der Waals surface area contributed by atoms with E-state index in [1.807, 2.05) is 0 Å². The third-order valence-corrected chi connectivity index (χ3v) is 2.53. The Morgan fingerprint density at radius 2 is 2.05 bits per heavy atom. The summed E-state index contributed by atoms with van der Waals surface area (Å²) in [4.78, 5) is 34.5. The van der Waals surface area contributed by atoms with Gasteiger partial charge >= 0.3 is 5.97 Å². The van der Waals surface area contributed by atoms with Crippen molar-refractivity contribution in [2.75, 3.05) is 20.3 Å². The summed E-state index contributed by atoms with van der Waals surface area (Å²) in [5.41, 5.74) is 5.22. The molecular weight excluding hydrogens is 266 g/mol. The number of rotatable bonds is 10. The second-order valence-electron chi connectivity index (χ2n) is 4.04. The van der Waals surface area contributed by atoms with E-state index in [9.17, 15) is 14.4 Å². The van der Waals surface area contributed by atoms with Crippen LogP contribution >= 0.6 is 0 Å². The monoisotopic (exact) mass is 287 g/mol. The van der Waals surface area contributed by atoms with Gasteiger partial charge in [-0.2, -0.15) is 0 Å². The molecule has 2 atom stereocenters. The van der Waals surface area contributed by atoms with Gasteiger partial charge in [0.25, 0.3) is 0 Å². The number of esters is 1. The molecule has 0 spiro atoms. The predicted octanol–water partition coefficient (Wildman–Crippen LogP) is -0.993. The minimum Gasteiger partial charge on any atom is -0.463 e. The Kier molecular flexibility index (Phi) is 9.14. The first-order valence-electron chi connectivity index (χ1n) is 6.19. The molecule has 0 fully saturated rings. The fraction of sp³-hybridized carbons (Fsp3) is 0.667. The Morgan fingerprint density at radius 3 is 2.55 bits per heavy atom. The molecule has 8 heteroatoms. The Labute approximate surface area is 117 Å². The molecule has 8 nitrogen and oxygen atoms in total. The van der Waals surface area contributed by atoms with E-state index in [0.29, 0.717) is 6.21 Å². The average Bonchev–Trinajstić information content (AvgIpc) is 2.47. The molecule has 0 aliphatic carbocycles. The van der Waals surface area contributed by atoms with Crippen LogP contribution in [-0.2, 0) is 23.9 Å². The Hall–Kier alpha value is -1.80. The van der Waals surface area contributed by atoms with Gasteiger partial charge in [-0.15, -0.1) is 0 Å². The highest BCUT2D eigenvalue weighted by Crippen LogP contribution is 2.02. The van der Waals surface area contributed by atoms with Gasteiger partial charge < -0.3 is 25.9 Å². The van der Waals surface area contributed by atoms with Crippen LogP contribution in [-0.4, -0.2) is 56.3 Å². The number of ether oxygens (including phenoxy) is 2. The molecule has 114 valence electrons. The zero-order chi connectivity index (χ0) is 15.5. The van der Waals surface area contributed by atoms with Gasteiger partial charge in [0, 0.05) is 20.1 Å². The number of methoxy groups -OCH3 is 1. The number of nitrogens with two attached hydrogens (primary N) is 1. The van der Waals surface area contributed by atoms with Gasteiger partial charge in [-0.25, -0.2) is 4.79 Å². The van der Waals surface area contributed by atoms with E-state index in [1.165, 1.54) is 14.0 Å². The van der Waals surface area contributed by atoms with Gasteiger partial charge in [0.2, 0.25) is 5.91 Å². The van der Waals surface area contributed by atoms with Gasteiger partial charge in [0.05, 0.1) is 6.21 Å². The van der Waals surface area contributed by atoms with Crippen LogP contribution in [0.25, 0.3) is 0 Å². The molecule has 0 rings (SSSR count). The quantitative estimate of drug-likeness (QED) is 0.349. The van der Waals surface area contributed by atoms with Crippen molar-refractivity contribution in [1.82, 2.24) is 5.32 Å². The molecule has 0 saturated heterocycles. The lowest BCUT2D eigenvalue weighted by molar-refractivity contribution is -0.149. The van der Waals surface area contributed by atoms with Gasteiger partial charge in [-0.3, -0.25) is 9.59 Å². The normalized spacial score (nSPS) is 13.2. The van der Waals surface area contributed by atoms with Crippen LogP contribution in [0.5, 0.6) is 0 Å². The second kappa shape index (κ2) is 10.0. The average molecular weight is 287 g/mol. The summed E-state index contributed by atoms with van der Waals surface area (Å²) in [7, 11) is 1.37.